The molecule has 0 heterocycles. The first-order valence-electron chi connectivity index (χ1n) is 9.29. The van der Waals surface area contributed by atoms with Gasteiger partial charge in [0.1, 0.15) is 0 Å². The van der Waals surface area contributed by atoms with Crippen LogP contribution in [0.4, 0.5) is 8.78 Å². The topological polar surface area (TPSA) is 0 Å². The molecule has 0 saturated heterocycles. The van der Waals surface area contributed by atoms with Crippen LogP contribution < -0.4 is 0 Å². The Hall–Kier alpha value is -1.82. The summed E-state index contributed by atoms with van der Waals surface area (Å²) < 4.78 is 29.3. The van der Waals surface area contributed by atoms with Crippen molar-refractivity contribution < 1.29 is 29.2 Å². The molecule has 1 saturated carbocycles. The van der Waals surface area contributed by atoms with Crippen molar-refractivity contribution in [3.05, 3.63) is 83.9 Å². The van der Waals surface area contributed by atoms with Gasteiger partial charge in [-0.15, -0.1) is 5.56 Å². The SMILES string of the molecule is Fc1c(-c2cc[c-]cc2)ccc(-c2ccc(C3CCCCC3)cc2)c1F.[Re]. The monoisotopic (exact) mass is 534 g/mol. The molecule has 0 nitrogen and oxygen atoms in total. The van der Waals surface area contributed by atoms with Crippen LogP contribution in [-0.2, 0) is 20.4 Å². The van der Waals surface area contributed by atoms with Gasteiger partial charge in [-0.3, -0.25) is 0 Å². The van der Waals surface area contributed by atoms with Crippen molar-refractivity contribution in [3.8, 4) is 22.3 Å². The van der Waals surface area contributed by atoms with Gasteiger partial charge in [-0.1, -0.05) is 55.7 Å². The molecule has 0 amide bonds. The zero-order valence-corrected chi connectivity index (χ0v) is 17.7. The molecular weight excluding hydrogens is 512 g/mol. The fourth-order valence-electron chi connectivity index (χ4n) is 3.93. The summed E-state index contributed by atoms with van der Waals surface area (Å²) in [5.74, 6) is -0.984. The van der Waals surface area contributed by atoms with E-state index in [1.54, 1.807) is 36.4 Å². The molecule has 1 fully saturated rings. The van der Waals surface area contributed by atoms with E-state index in [9.17, 15) is 8.78 Å². The minimum absolute atomic E-state index is 0. The Labute approximate surface area is 173 Å². The Bertz CT molecular complexity index is 882. The van der Waals surface area contributed by atoms with Gasteiger partial charge in [-0.2, -0.15) is 30.3 Å². The fraction of sp³-hybridized carbons (Fsp3) is 0.250. The summed E-state index contributed by atoms with van der Waals surface area (Å²) in [6, 6.07) is 21.0. The number of halogens is 2. The van der Waals surface area contributed by atoms with Crippen LogP contribution in [0.1, 0.15) is 43.6 Å². The van der Waals surface area contributed by atoms with Gasteiger partial charge in [0.05, 0.1) is 0 Å². The summed E-state index contributed by atoms with van der Waals surface area (Å²) in [6.07, 6.45) is 6.35. The van der Waals surface area contributed by atoms with E-state index in [0.29, 0.717) is 22.6 Å². The normalized spacial score (nSPS) is 14.6. The van der Waals surface area contributed by atoms with Crippen LogP contribution in [0.5, 0.6) is 0 Å². The summed E-state index contributed by atoms with van der Waals surface area (Å²) in [7, 11) is 0. The third-order valence-corrected chi connectivity index (χ3v) is 5.41. The number of benzene rings is 3. The molecule has 3 aromatic carbocycles. The van der Waals surface area contributed by atoms with Crippen molar-refractivity contribution in [3.63, 3.8) is 0 Å². The van der Waals surface area contributed by atoms with E-state index < -0.39 is 11.6 Å². The maximum atomic E-state index is 14.7. The molecule has 27 heavy (non-hydrogen) atoms. The van der Waals surface area contributed by atoms with Crippen molar-refractivity contribution in [2.24, 2.45) is 0 Å². The molecule has 1 aliphatic rings. The number of rotatable bonds is 3. The Balaban J connectivity index is 0.00000210. The summed E-state index contributed by atoms with van der Waals surface area (Å²) >= 11 is 0. The maximum Gasteiger partial charge on any atom is 0.167 e. The quantitative estimate of drug-likeness (QED) is 0.314. The van der Waals surface area contributed by atoms with Gasteiger partial charge in [0.2, 0.25) is 0 Å². The first-order chi connectivity index (χ1) is 12.7. The molecule has 3 heteroatoms. The molecule has 0 spiro atoms. The van der Waals surface area contributed by atoms with Crippen molar-refractivity contribution >= 4 is 0 Å². The fourth-order valence-corrected chi connectivity index (χ4v) is 3.93. The predicted molar refractivity (Wildman–Crippen MR) is 102 cm³/mol. The zero-order chi connectivity index (χ0) is 17.9. The second-order valence-electron chi connectivity index (χ2n) is 7.03. The van der Waals surface area contributed by atoms with Crippen molar-refractivity contribution in [1.82, 2.24) is 0 Å². The van der Waals surface area contributed by atoms with Crippen molar-refractivity contribution in [1.29, 1.82) is 0 Å². The smallest absolute Gasteiger partial charge is 0.167 e. The van der Waals surface area contributed by atoms with Crippen LogP contribution in [0, 0.1) is 17.7 Å². The Morgan fingerprint density at radius 3 is 1.74 bits per heavy atom. The molecule has 0 bridgehead atoms. The molecule has 0 unspecified atom stereocenters. The van der Waals surface area contributed by atoms with Crippen LogP contribution in [0.2, 0.25) is 0 Å². The van der Waals surface area contributed by atoms with Gasteiger partial charge in [-0.25, -0.2) is 8.78 Å². The second kappa shape index (κ2) is 8.91. The Morgan fingerprint density at radius 1 is 0.667 bits per heavy atom. The third-order valence-electron chi connectivity index (χ3n) is 5.41. The van der Waals surface area contributed by atoms with Gasteiger partial charge >= 0.3 is 0 Å². The van der Waals surface area contributed by atoms with Gasteiger partial charge in [0.15, 0.2) is 11.6 Å². The molecule has 0 atom stereocenters. The minimum atomic E-state index is -0.801. The van der Waals surface area contributed by atoms with Crippen LogP contribution in [0.15, 0.2) is 60.7 Å². The van der Waals surface area contributed by atoms with Crippen LogP contribution in [0.3, 0.4) is 0 Å². The largest absolute Gasteiger partial charge is 0.203 e. The van der Waals surface area contributed by atoms with E-state index in [0.717, 1.165) is 0 Å². The maximum absolute atomic E-state index is 14.7. The molecule has 4 rings (SSSR count). The molecule has 0 aromatic heterocycles. The average Bonchev–Trinajstić information content (AvgIpc) is 2.71. The predicted octanol–water partition coefficient (Wildman–Crippen LogP) is 7.14. The van der Waals surface area contributed by atoms with Crippen LogP contribution in [-0.4, -0.2) is 0 Å². The molecule has 0 N–H and O–H groups in total. The molecule has 0 aliphatic heterocycles. The van der Waals surface area contributed by atoms with E-state index in [1.807, 2.05) is 12.1 Å². The van der Waals surface area contributed by atoms with Gasteiger partial charge < -0.3 is 0 Å². The average molecular weight is 534 g/mol. The van der Waals surface area contributed by atoms with Crippen LogP contribution >= 0.6 is 0 Å². The summed E-state index contributed by atoms with van der Waals surface area (Å²) in [4.78, 5) is 0. The molecule has 139 valence electrons. The number of hydrogen-bond acceptors (Lipinski definition) is 0. The molecule has 1 aliphatic carbocycles. The first kappa shape index (κ1) is 19.9. The van der Waals surface area contributed by atoms with Gasteiger partial charge in [0.25, 0.3) is 0 Å². The van der Waals surface area contributed by atoms with Gasteiger partial charge in [-0.05, 0) is 35.4 Å². The molecular formula is C24H21F2Re-. The molecule has 1 radical (unpaired) electrons. The Morgan fingerprint density at radius 2 is 1.19 bits per heavy atom. The first-order valence-corrected chi connectivity index (χ1v) is 9.29. The van der Waals surface area contributed by atoms with E-state index in [1.165, 1.54) is 37.7 Å². The van der Waals surface area contributed by atoms with E-state index in [2.05, 4.69) is 18.2 Å². The minimum Gasteiger partial charge on any atom is -0.203 e. The zero-order valence-electron chi connectivity index (χ0n) is 15.0. The van der Waals surface area contributed by atoms with E-state index in [-0.39, 0.29) is 26.0 Å². The van der Waals surface area contributed by atoms with Crippen LogP contribution in [0.25, 0.3) is 22.3 Å². The van der Waals surface area contributed by atoms with E-state index >= 15 is 0 Å². The number of hydrogen-bond donors (Lipinski definition) is 0. The summed E-state index contributed by atoms with van der Waals surface area (Å²) in [6.45, 7) is 0. The molecule has 3 aromatic rings. The second-order valence-corrected chi connectivity index (χ2v) is 7.03. The summed E-state index contributed by atoms with van der Waals surface area (Å²) in [5, 5.41) is 0. The van der Waals surface area contributed by atoms with Crippen molar-refractivity contribution in [2.45, 2.75) is 38.0 Å². The standard InChI is InChI=1S/C24H21F2.Re/c25-23-21(19-9-5-2-6-10-19)15-16-22(24(23)26)20-13-11-18(12-14-20)17-7-3-1-4-8-17;/h5-6,9-17H,1,3-4,7-8H2;/q-1;. The van der Waals surface area contributed by atoms with E-state index in [4.69, 9.17) is 0 Å². The third kappa shape index (κ3) is 4.21. The van der Waals surface area contributed by atoms with Gasteiger partial charge in [0, 0.05) is 26.0 Å². The Kier molecular flexibility index (Phi) is 6.58. The summed E-state index contributed by atoms with van der Waals surface area (Å²) in [5.41, 5.74) is 3.27. The van der Waals surface area contributed by atoms with Crippen molar-refractivity contribution in [2.75, 3.05) is 0 Å².